The lowest BCUT2D eigenvalue weighted by atomic mass is 10.0. The van der Waals surface area contributed by atoms with E-state index < -0.39 is 12.0 Å². The Morgan fingerprint density at radius 2 is 2.05 bits per heavy atom. The molecule has 5 heteroatoms. The summed E-state index contributed by atoms with van der Waals surface area (Å²) in [6.07, 6.45) is 1.41. The second-order valence-corrected chi connectivity index (χ2v) is 5.69. The van der Waals surface area contributed by atoms with Gasteiger partial charge in [0.1, 0.15) is 6.04 Å². The van der Waals surface area contributed by atoms with Gasteiger partial charge in [-0.1, -0.05) is 32.0 Å². The van der Waals surface area contributed by atoms with E-state index in [9.17, 15) is 9.59 Å². The van der Waals surface area contributed by atoms with Gasteiger partial charge in [0.25, 0.3) is 0 Å². The van der Waals surface area contributed by atoms with E-state index in [1.165, 1.54) is 7.11 Å². The Morgan fingerprint density at radius 3 is 2.71 bits per heavy atom. The Balaban J connectivity index is 2.08. The van der Waals surface area contributed by atoms with Gasteiger partial charge in [-0.25, -0.2) is 9.59 Å². The van der Waals surface area contributed by atoms with E-state index in [2.05, 4.69) is 5.32 Å². The molecule has 0 saturated heterocycles. The van der Waals surface area contributed by atoms with Gasteiger partial charge < -0.3 is 10.1 Å². The number of anilines is 1. The van der Waals surface area contributed by atoms with Gasteiger partial charge in [0.05, 0.1) is 7.11 Å². The third-order valence-electron chi connectivity index (χ3n) is 3.62. The zero-order valence-electron chi connectivity index (χ0n) is 12.8. The molecule has 1 heterocycles. The lowest BCUT2D eigenvalue weighted by Crippen LogP contribution is -2.48. The van der Waals surface area contributed by atoms with Gasteiger partial charge in [0, 0.05) is 12.2 Å². The summed E-state index contributed by atoms with van der Waals surface area (Å²) in [4.78, 5) is 25.9. The van der Waals surface area contributed by atoms with E-state index in [0.29, 0.717) is 18.9 Å². The second kappa shape index (κ2) is 6.61. The molecule has 21 heavy (non-hydrogen) atoms. The average molecular weight is 290 g/mol. The zero-order chi connectivity index (χ0) is 15.4. The van der Waals surface area contributed by atoms with Crippen LogP contribution in [0.15, 0.2) is 24.3 Å². The Bertz CT molecular complexity index is 528. The molecule has 5 nitrogen and oxygen atoms in total. The molecule has 0 saturated carbocycles. The first-order valence-electron chi connectivity index (χ1n) is 7.26. The number of hydrogen-bond donors (Lipinski definition) is 1. The van der Waals surface area contributed by atoms with Gasteiger partial charge in [-0.3, -0.25) is 4.90 Å². The predicted octanol–water partition coefficient (Wildman–Crippen LogP) is 2.35. The van der Waals surface area contributed by atoms with Crippen LogP contribution in [-0.2, 0) is 16.0 Å². The highest BCUT2D eigenvalue weighted by molar-refractivity contribution is 5.96. The first-order valence-corrected chi connectivity index (χ1v) is 7.26. The normalized spacial score (nSPS) is 14.8. The SMILES string of the molecule is COC(=O)C(CC(C)C)NC(=O)N1CCc2ccccc21. The average Bonchev–Trinajstić information content (AvgIpc) is 2.89. The van der Waals surface area contributed by atoms with Crippen molar-refractivity contribution in [2.24, 2.45) is 5.92 Å². The minimum atomic E-state index is -0.602. The molecular formula is C16H22N2O3. The molecule has 1 atom stereocenters. The number of benzene rings is 1. The maximum atomic E-state index is 12.4. The smallest absolute Gasteiger partial charge is 0.328 e. The third-order valence-corrected chi connectivity index (χ3v) is 3.62. The summed E-state index contributed by atoms with van der Waals surface area (Å²) < 4.78 is 4.77. The largest absolute Gasteiger partial charge is 0.467 e. The Kier molecular flexibility index (Phi) is 4.83. The number of esters is 1. The van der Waals surface area contributed by atoms with Crippen LogP contribution in [0.3, 0.4) is 0 Å². The summed E-state index contributed by atoms with van der Waals surface area (Å²) in [5.41, 5.74) is 2.08. The van der Waals surface area contributed by atoms with Crippen LogP contribution >= 0.6 is 0 Å². The number of amides is 2. The zero-order valence-corrected chi connectivity index (χ0v) is 12.8. The highest BCUT2D eigenvalue weighted by atomic mass is 16.5. The summed E-state index contributed by atoms with van der Waals surface area (Å²) in [6.45, 7) is 4.65. The molecule has 0 aliphatic carbocycles. The summed E-state index contributed by atoms with van der Waals surface area (Å²) >= 11 is 0. The van der Waals surface area contributed by atoms with Crippen molar-refractivity contribution in [1.82, 2.24) is 5.32 Å². The molecule has 0 aromatic heterocycles. The Hall–Kier alpha value is -2.04. The molecule has 0 radical (unpaired) electrons. The number of urea groups is 1. The number of methoxy groups -OCH3 is 1. The second-order valence-electron chi connectivity index (χ2n) is 5.69. The van der Waals surface area contributed by atoms with Crippen molar-refractivity contribution >= 4 is 17.7 Å². The lowest BCUT2D eigenvalue weighted by Gasteiger charge is -2.23. The number of ether oxygens (including phenoxy) is 1. The summed E-state index contributed by atoms with van der Waals surface area (Å²) in [5.74, 6) is -0.107. The minimum absolute atomic E-state index is 0.240. The highest BCUT2D eigenvalue weighted by Crippen LogP contribution is 2.27. The molecule has 1 aromatic carbocycles. The molecule has 0 spiro atoms. The fourth-order valence-corrected chi connectivity index (χ4v) is 2.60. The van der Waals surface area contributed by atoms with Crippen LogP contribution in [0.2, 0.25) is 0 Å². The molecule has 1 aliphatic heterocycles. The Labute approximate surface area is 125 Å². The first-order chi connectivity index (χ1) is 10.0. The topological polar surface area (TPSA) is 58.6 Å². The Morgan fingerprint density at radius 1 is 1.33 bits per heavy atom. The van der Waals surface area contributed by atoms with Gasteiger partial charge >= 0.3 is 12.0 Å². The van der Waals surface area contributed by atoms with Gasteiger partial charge in [0.2, 0.25) is 0 Å². The monoisotopic (exact) mass is 290 g/mol. The molecule has 1 aromatic rings. The number of para-hydroxylation sites is 1. The fraction of sp³-hybridized carbons (Fsp3) is 0.500. The third kappa shape index (κ3) is 3.54. The van der Waals surface area contributed by atoms with Gasteiger partial charge in [0.15, 0.2) is 0 Å². The number of carbonyl (C=O) groups excluding carboxylic acids is 2. The number of rotatable bonds is 4. The van der Waals surface area contributed by atoms with Crippen LogP contribution in [0.4, 0.5) is 10.5 Å². The van der Waals surface area contributed by atoms with Crippen LogP contribution in [0.5, 0.6) is 0 Å². The quantitative estimate of drug-likeness (QED) is 0.866. The number of nitrogens with zero attached hydrogens (tertiary/aromatic N) is 1. The standard InChI is InChI=1S/C16H22N2O3/c1-11(2)10-13(15(19)21-3)17-16(20)18-9-8-12-6-4-5-7-14(12)18/h4-7,11,13H,8-10H2,1-3H3,(H,17,20). The van der Waals surface area contributed by atoms with E-state index in [0.717, 1.165) is 17.7 Å². The summed E-state index contributed by atoms with van der Waals surface area (Å²) in [7, 11) is 1.34. The molecule has 0 fully saturated rings. The lowest BCUT2D eigenvalue weighted by molar-refractivity contribution is -0.143. The molecule has 1 unspecified atom stereocenters. The molecular weight excluding hydrogens is 268 g/mol. The maximum Gasteiger partial charge on any atom is 0.328 e. The molecule has 2 rings (SSSR count). The van der Waals surface area contributed by atoms with Gasteiger partial charge in [-0.15, -0.1) is 0 Å². The van der Waals surface area contributed by atoms with Crippen molar-refractivity contribution in [2.75, 3.05) is 18.6 Å². The van der Waals surface area contributed by atoms with Crippen LogP contribution in [0, 0.1) is 5.92 Å². The number of fused-ring (bicyclic) bond motifs is 1. The van der Waals surface area contributed by atoms with Crippen LogP contribution < -0.4 is 10.2 Å². The van der Waals surface area contributed by atoms with Crippen LogP contribution in [0.1, 0.15) is 25.8 Å². The van der Waals surface area contributed by atoms with Gasteiger partial charge in [-0.2, -0.15) is 0 Å². The predicted molar refractivity (Wildman–Crippen MR) is 81.3 cm³/mol. The van der Waals surface area contributed by atoms with Crippen LogP contribution in [-0.4, -0.2) is 31.7 Å². The number of carbonyl (C=O) groups is 2. The van der Waals surface area contributed by atoms with Crippen molar-refractivity contribution in [3.05, 3.63) is 29.8 Å². The molecule has 2 amide bonds. The molecule has 0 bridgehead atoms. The summed E-state index contributed by atoms with van der Waals surface area (Å²) in [6, 6.07) is 6.99. The molecule has 1 aliphatic rings. The van der Waals surface area contributed by atoms with Crippen LogP contribution in [0.25, 0.3) is 0 Å². The fourth-order valence-electron chi connectivity index (χ4n) is 2.60. The van der Waals surface area contributed by atoms with E-state index in [1.807, 2.05) is 38.1 Å². The van der Waals surface area contributed by atoms with E-state index in [4.69, 9.17) is 4.74 Å². The molecule has 1 N–H and O–H groups in total. The van der Waals surface area contributed by atoms with Gasteiger partial charge in [-0.05, 0) is 30.4 Å². The van der Waals surface area contributed by atoms with Crippen molar-refractivity contribution < 1.29 is 14.3 Å². The highest BCUT2D eigenvalue weighted by Gasteiger charge is 2.29. The maximum absolute atomic E-state index is 12.4. The molecule has 114 valence electrons. The number of nitrogens with one attached hydrogen (secondary N) is 1. The van der Waals surface area contributed by atoms with E-state index in [1.54, 1.807) is 4.90 Å². The summed E-state index contributed by atoms with van der Waals surface area (Å²) in [5, 5.41) is 2.79. The van der Waals surface area contributed by atoms with Crippen molar-refractivity contribution in [2.45, 2.75) is 32.7 Å². The first kappa shape index (κ1) is 15.4. The number of hydrogen-bond acceptors (Lipinski definition) is 3. The van der Waals surface area contributed by atoms with E-state index >= 15 is 0 Å². The minimum Gasteiger partial charge on any atom is -0.467 e. The van der Waals surface area contributed by atoms with E-state index in [-0.39, 0.29) is 6.03 Å². The van der Waals surface area contributed by atoms with Crippen molar-refractivity contribution in [3.8, 4) is 0 Å². The van der Waals surface area contributed by atoms with Crippen molar-refractivity contribution in [1.29, 1.82) is 0 Å². The van der Waals surface area contributed by atoms with Crippen molar-refractivity contribution in [3.63, 3.8) is 0 Å².